The number of aromatic nitrogens is 3. The fourth-order valence-electron chi connectivity index (χ4n) is 3.70. The van der Waals surface area contributed by atoms with E-state index < -0.39 is 0 Å². The lowest BCUT2D eigenvalue weighted by Crippen LogP contribution is -2.26. The Morgan fingerprint density at radius 3 is 2.61 bits per heavy atom. The van der Waals surface area contributed by atoms with E-state index in [1.165, 1.54) is 11.9 Å². The monoisotopic (exact) mass is 496 g/mol. The van der Waals surface area contributed by atoms with E-state index in [-0.39, 0.29) is 6.10 Å². The SMILES string of the molecule is N#Cc1cc(-c2ccnc(Nc3ccc(SNc4ccccn4)cc3)n2)ccc1OC1CCOCC1. The molecule has 36 heavy (non-hydrogen) atoms. The summed E-state index contributed by atoms with van der Waals surface area (Å²) in [6.07, 6.45) is 5.18. The van der Waals surface area contributed by atoms with E-state index in [0.717, 1.165) is 34.8 Å². The topological polar surface area (TPSA) is 105 Å². The van der Waals surface area contributed by atoms with E-state index in [9.17, 15) is 5.26 Å². The molecule has 0 saturated carbocycles. The van der Waals surface area contributed by atoms with Gasteiger partial charge in [0.1, 0.15) is 23.7 Å². The molecule has 4 aromatic rings. The number of nitrogens with one attached hydrogen (secondary N) is 2. The molecule has 0 radical (unpaired) electrons. The number of pyridine rings is 1. The van der Waals surface area contributed by atoms with Gasteiger partial charge in [-0.2, -0.15) is 5.26 Å². The third kappa shape index (κ3) is 6.10. The number of nitrogens with zero attached hydrogens (tertiary/aromatic N) is 4. The average molecular weight is 497 g/mol. The molecule has 2 N–H and O–H groups in total. The standard InChI is InChI=1S/C27H24N6O2S/c28-18-20-17-19(4-9-25(20)35-22-11-15-34-16-12-22)24-10-14-30-27(32-24)31-21-5-7-23(8-6-21)36-33-26-3-1-2-13-29-26/h1-10,13-14,17,22H,11-12,15-16H2,(H,29,33)(H,30,31,32). The minimum atomic E-state index is 0.0714. The van der Waals surface area contributed by atoms with E-state index in [2.05, 4.69) is 31.1 Å². The zero-order valence-electron chi connectivity index (χ0n) is 19.4. The van der Waals surface area contributed by atoms with Crippen molar-refractivity contribution in [2.24, 2.45) is 0 Å². The number of benzene rings is 2. The third-order valence-electron chi connectivity index (χ3n) is 5.56. The summed E-state index contributed by atoms with van der Waals surface area (Å²) >= 11 is 1.49. The Morgan fingerprint density at radius 2 is 1.83 bits per heavy atom. The first-order chi connectivity index (χ1) is 17.8. The number of hydrogen-bond donors (Lipinski definition) is 2. The van der Waals surface area contributed by atoms with Crippen LogP contribution in [0.1, 0.15) is 18.4 Å². The second-order valence-electron chi connectivity index (χ2n) is 8.09. The van der Waals surface area contributed by atoms with E-state index >= 15 is 0 Å². The number of anilines is 3. The summed E-state index contributed by atoms with van der Waals surface area (Å²) < 4.78 is 14.7. The van der Waals surface area contributed by atoms with Crippen molar-refractivity contribution in [1.29, 1.82) is 5.26 Å². The van der Waals surface area contributed by atoms with Gasteiger partial charge in [0, 0.05) is 41.4 Å². The van der Waals surface area contributed by atoms with Crippen LogP contribution in [0.2, 0.25) is 0 Å². The van der Waals surface area contributed by atoms with Crippen LogP contribution >= 0.6 is 11.9 Å². The summed E-state index contributed by atoms with van der Waals surface area (Å²) in [6, 6.07) is 23.3. The van der Waals surface area contributed by atoms with Gasteiger partial charge < -0.3 is 19.5 Å². The first-order valence-electron chi connectivity index (χ1n) is 11.6. The largest absolute Gasteiger partial charge is 0.489 e. The predicted octanol–water partition coefficient (Wildman–Crippen LogP) is 5.83. The predicted molar refractivity (Wildman–Crippen MR) is 140 cm³/mol. The highest BCUT2D eigenvalue weighted by Crippen LogP contribution is 2.28. The van der Waals surface area contributed by atoms with Gasteiger partial charge in [-0.3, -0.25) is 0 Å². The zero-order chi connectivity index (χ0) is 24.6. The van der Waals surface area contributed by atoms with Crippen LogP contribution in [-0.2, 0) is 4.74 Å². The smallest absolute Gasteiger partial charge is 0.227 e. The molecular formula is C27H24N6O2S. The minimum Gasteiger partial charge on any atom is -0.489 e. The van der Waals surface area contributed by atoms with Crippen LogP contribution in [0.4, 0.5) is 17.5 Å². The number of rotatable bonds is 8. The van der Waals surface area contributed by atoms with Gasteiger partial charge >= 0.3 is 0 Å². The van der Waals surface area contributed by atoms with Gasteiger partial charge in [-0.05, 0) is 72.6 Å². The molecule has 0 spiro atoms. The molecule has 0 aliphatic carbocycles. The lowest BCUT2D eigenvalue weighted by molar-refractivity contribution is 0.0254. The second-order valence-corrected chi connectivity index (χ2v) is 8.97. The molecule has 1 fully saturated rings. The van der Waals surface area contributed by atoms with Crippen LogP contribution in [0, 0.1) is 11.3 Å². The van der Waals surface area contributed by atoms with Crippen molar-refractivity contribution in [2.45, 2.75) is 23.8 Å². The normalized spacial score (nSPS) is 13.5. The molecule has 0 amide bonds. The molecule has 2 aromatic carbocycles. The lowest BCUT2D eigenvalue weighted by atomic mass is 10.1. The Morgan fingerprint density at radius 1 is 0.972 bits per heavy atom. The summed E-state index contributed by atoms with van der Waals surface area (Å²) in [4.78, 5) is 14.3. The second kappa shape index (κ2) is 11.5. The minimum absolute atomic E-state index is 0.0714. The van der Waals surface area contributed by atoms with Gasteiger partial charge in [-0.25, -0.2) is 15.0 Å². The highest BCUT2D eigenvalue weighted by atomic mass is 32.2. The summed E-state index contributed by atoms with van der Waals surface area (Å²) in [6.45, 7) is 1.37. The number of hydrogen-bond acceptors (Lipinski definition) is 9. The van der Waals surface area contributed by atoms with Gasteiger partial charge in [0.25, 0.3) is 0 Å². The molecular weight excluding hydrogens is 472 g/mol. The van der Waals surface area contributed by atoms with Gasteiger partial charge in [-0.1, -0.05) is 6.07 Å². The third-order valence-corrected chi connectivity index (χ3v) is 6.38. The van der Waals surface area contributed by atoms with Crippen molar-refractivity contribution in [1.82, 2.24) is 15.0 Å². The highest BCUT2D eigenvalue weighted by molar-refractivity contribution is 8.00. The molecule has 0 bridgehead atoms. The molecule has 3 heterocycles. The average Bonchev–Trinajstić information content (AvgIpc) is 2.94. The van der Waals surface area contributed by atoms with E-state index in [1.807, 2.05) is 60.7 Å². The molecule has 180 valence electrons. The lowest BCUT2D eigenvalue weighted by Gasteiger charge is -2.23. The highest BCUT2D eigenvalue weighted by Gasteiger charge is 2.17. The number of ether oxygens (including phenoxy) is 2. The van der Waals surface area contributed by atoms with Gasteiger partial charge in [0.05, 0.1) is 24.5 Å². The van der Waals surface area contributed by atoms with Crippen LogP contribution in [0.5, 0.6) is 5.75 Å². The van der Waals surface area contributed by atoms with E-state index in [0.29, 0.717) is 36.2 Å². The Kier molecular flexibility index (Phi) is 7.56. The molecule has 0 unspecified atom stereocenters. The van der Waals surface area contributed by atoms with Crippen molar-refractivity contribution in [3.63, 3.8) is 0 Å². The van der Waals surface area contributed by atoms with Crippen LogP contribution < -0.4 is 14.8 Å². The van der Waals surface area contributed by atoms with Crippen molar-refractivity contribution in [3.8, 4) is 23.1 Å². The maximum Gasteiger partial charge on any atom is 0.227 e. The first-order valence-corrected chi connectivity index (χ1v) is 12.4. The van der Waals surface area contributed by atoms with E-state index in [4.69, 9.17) is 9.47 Å². The van der Waals surface area contributed by atoms with Crippen LogP contribution in [0.25, 0.3) is 11.3 Å². The summed E-state index contributed by atoms with van der Waals surface area (Å²) in [5.41, 5.74) is 2.89. The van der Waals surface area contributed by atoms with Crippen molar-refractivity contribution in [3.05, 3.63) is 84.7 Å². The van der Waals surface area contributed by atoms with E-state index in [1.54, 1.807) is 18.5 Å². The maximum atomic E-state index is 9.68. The number of nitriles is 1. The molecule has 0 atom stereocenters. The summed E-state index contributed by atoms with van der Waals surface area (Å²) in [5, 5.41) is 12.9. The van der Waals surface area contributed by atoms with Gasteiger partial charge in [0.2, 0.25) is 5.95 Å². The Labute approximate surface area is 213 Å². The van der Waals surface area contributed by atoms with Crippen molar-refractivity contribution < 1.29 is 9.47 Å². The molecule has 1 saturated heterocycles. The van der Waals surface area contributed by atoms with Crippen LogP contribution in [0.15, 0.2) is 84.0 Å². The van der Waals surface area contributed by atoms with Crippen molar-refractivity contribution >= 4 is 29.4 Å². The van der Waals surface area contributed by atoms with Gasteiger partial charge in [-0.15, -0.1) is 0 Å². The van der Waals surface area contributed by atoms with Crippen LogP contribution in [0.3, 0.4) is 0 Å². The molecule has 1 aliphatic rings. The Bertz CT molecular complexity index is 1340. The first kappa shape index (κ1) is 23.6. The molecule has 8 nitrogen and oxygen atoms in total. The van der Waals surface area contributed by atoms with Gasteiger partial charge in [0.15, 0.2) is 0 Å². The summed E-state index contributed by atoms with van der Waals surface area (Å²) in [7, 11) is 0. The molecule has 2 aromatic heterocycles. The quantitative estimate of drug-likeness (QED) is 0.291. The van der Waals surface area contributed by atoms with Crippen molar-refractivity contribution in [2.75, 3.05) is 23.3 Å². The fraction of sp³-hybridized carbons (Fsp3) is 0.185. The molecule has 9 heteroatoms. The molecule has 1 aliphatic heterocycles. The fourth-order valence-corrected chi connectivity index (χ4v) is 4.32. The van der Waals surface area contributed by atoms with Crippen LogP contribution in [-0.4, -0.2) is 34.3 Å². The Balaban J connectivity index is 1.25. The zero-order valence-corrected chi connectivity index (χ0v) is 20.2. The maximum absolute atomic E-state index is 9.68. The Hall–Kier alpha value is -4.13. The molecule has 5 rings (SSSR count). The summed E-state index contributed by atoms with van der Waals surface area (Å²) in [5.74, 6) is 1.87.